The molecule has 0 nitrogen and oxygen atoms in total. The Hall–Kier alpha value is -1.11. The molecule has 1 aromatic rings. The Labute approximate surface area is 135 Å². The summed E-state index contributed by atoms with van der Waals surface area (Å²) in [4.78, 5) is 0. The highest BCUT2D eigenvalue weighted by Gasteiger charge is 2.20. The van der Waals surface area contributed by atoms with Gasteiger partial charge >= 0.3 is 0 Å². The number of allylic oxidation sites excluding steroid dienone is 1. The van der Waals surface area contributed by atoms with Crippen molar-refractivity contribution < 1.29 is 4.39 Å². The van der Waals surface area contributed by atoms with Gasteiger partial charge in [0, 0.05) is 0 Å². The van der Waals surface area contributed by atoms with E-state index in [9.17, 15) is 4.39 Å². The van der Waals surface area contributed by atoms with Gasteiger partial charge in [-0.25, -0.2) is 4.39 Å². The topological polar surface area (TPSA) is 0 Å². The molecule has 0 heterocycles. The highest BCUT2D eigenvalue weighted by molar-refractivity contribution is 5.24. The number of hydrogen-bond donors (Lipinski definition) is 0. The van der Waals surface area contributed by atoms with Crippen LogP contribution in [0.25, 0.3) is 0 Å². The van der Waals surface area contributed by atoms with Gasteiger partial charge in [0.15, 0.2) is 0 Å². The van der Waals surface area contributed by atoms with Crippen LogP contribution in [-0.4, -0.2) is 0 Å². The third kappa shape index (κ3) is 5.94. The average molecular weight is 302 g/mol. The summed E-state index contributed by atoms with van der Waals surface area (Å²) in [5, 5.41) is 0. The molecule has 1 saturated carbocycles. The molecule has 1 fully saturated rings. The van der Waals surface area contributed by atoms with Gasteiger partial charge in [0.1, 0.15) is 0 Å². The highest BCUT2D eigenvalue weighted by atomic mass is 19.1. The summed E-state index contributed by atoms with van der Waals surface area (Å²) in [5.74, 6) is 1.95. The number of halogens is 1. The minimum absolute atomic E-state index is 0.630. The maximum atomic E-state index is 12.0. The van der Waals surface area contributed by atoms with Crippen molar-refractivity contribution in [3.63, 3.8) is 0 Å². The fourth-order valence-electron chi connectivity index (χ4n) is 3.70. The second-order valence-corrected chi connectivity index (χ2v) is 6.95. The zero-order valence-corrected chi connectivity index (χ0v) is 14.1. The first kappa shape index (κ1) is 17.2. The molecule has 0 radical (unpaired) electrons. The van der Waals surface area contributed by atoms with E-state index in [-0.39, 0.29) is 0 Å². The smallest absolute Gasteiger partial charge is 0.0830 e. The monoisotopic (exact) mass is 302 g/mol. The van der Waals surface area contributed by atoms with E-state index in [1.54, 1.807) is 6.08 Å². The third-order valence-electron chi connectivity index (χ3n) is 5.24. The van der Waals surface area contributed by atoms with Gasteiger partial charge in [0.25, 0.3) is 0 Å². The van der Waals surface area contributed by atoms with Gasteiger partial charge in [0.05, 0.1) is 6.33 Å². The Morgan fingerprint density at radius 1 is 0.955 bits per heavy atom. The largest absolute Gasteiger partial charge is 0.216 e. The fraction of sp³-hybridized carbons (Fsp3) is 0.619. The van der Waals surface area contributed by atoms with E-state index in [4.69, 9.17) is 0 Å². The predicted molar refractivity (Wildman–Crippen MR) is 93.7 cm³/mol. The first-order valence-corrected chi connectivity index (χ1v) is 9.14. The van der Waals surface area contributed by atoms with Crippen LogP contribution in [-0.2, 0) is 12.8 Å². The molecule has 0 unspecified atom stereocenters. The molecule has 0 bridgehead atoms. The second-order valence-electron chi connectivity index (χ2n) is 6.95. The van der Waals surface area contributed by atoms with E-state index in [1.807, 2.05) is 0 Å². The average Bonchev–Trinajstić information content (AvgIpc) is 2.58. The van der Waals surface area contributed by atoms with Crippen LogP contribution in [0.2, 0.25) is 0 Å². The number of aryl methyl sites for hydroxylation is 1. The maximum absolute atomic E-state index is 12.0. The quantitative estimate of drug-likeness (QED) is 0.505. The van der Waals surface area contributed by atoms with Crippen LogP contribution in [0.1, 0.15) is 69.4 Å². The minimum atomic E-state index is 0.630. The predicted octanol–water partition coefficient (Wildman–Crippen LogP) is 6.64. The van der Waals surface area contributed by atoms with E-state index in [2.05, 4.69) is 31.2 Å². The van der Waals surface area contributed by atoms with Crippen molar-refractivity contribution in [1.29, 1.82) is 0 Å². The van der Waals surface area contributed by atoms with Crippen molar-refractivity contribution in [2.24, 2.45) is 11.8 Å². The molecule has 1 aromatic carbocycles. The van der Waals surface area contributed by atoms with Gasteiger partial charge < -0.3 is 0 Å². The molecular formula is C21H31F. The van der Waals surface area contributed by atoms with Gasteiger partial charge in [-0.1, -0.05) is 82.2 Å². The summed E-state index contributed by atoms with van der Waals surface area (Å²) in [6.45, 7) is 2.30. The lowest BCUT2D eigenvalue weighted by molar-refractivity contribution is 0.250. The van der Waals surface area contributed by atoms with Gasteiger partial charge in [-0.2, -0.15) is 0 Å². The molecule has 2 rings (SSSR count). The molecular weight excluding hydrogens is 271 g/mol. The second kappa shape index (κ2) is 9.82. The number of rotatable bonds is 8. The van der Waals surface area contributed by atoms with E-state index < -0.39 is 0 Å². The first-order chi connectivity index (χ1) is 10.8. The van der Waals surface area contributed by atoms with Crippen LogP contribution in [0, 0.1) is 11.8 Å². The van der Waals surface area contributed by atoms with Gasteiger partial charge in [-0.05, 0) is 42.2 Å². The van der Waals surface area contributed by atoms with Gasteiger partial charge in [-0.15, -0.1) is 0 Å². The van der Waals surface area contributed by atoms with Crippen LogP contribution < -0.4 is 0 Å². The lowest BCUT2D eigenvalue weighted by Crippen LogP contribution is -2.15. The Morgan fingerprint density at radius 2 is 1.55 bits per heavy atom. The van der Waals surface area contributed by atoms with Crippen molar-refractivity contribution in [3.05, 3.63) is 47.8 Å². The molecule has 0 saturated heterocycles. The maximum Gasteiger partial charge on any atom is 0.0830 e. The van der Waals surface area contributed by atoms with Crippen molar-refractivity contribution in [1.82, 2.24) is 0 Å². The van der Waals surface area contributed by atoms with Crippen LogP contribution in [0.3, 0.4) is 0 Å². The van der Waals surface area contributed by atoms with Gasteiger partial charge in [-0.3, -0.25) is 0 Å². The Bertz CT molecular complexity index is 424. The molecule has 122 valence electrons. The van der Waals surface area contributed by atoms with Crippen LogP contribution in [0.5, 0.6) is 0 Å². The molecule has 1 aliphatic rings. The summed E-state index contributed by atoms with van der Waals surface area (Å²) >= 11 is 0. The number of benzene rings is 1. The van der Waals surface area contributed by atoms with Crippen LogP contribution in [0.15, 0.2) is 36.7 Å². The fourth-order valence-corrected chi connectivity index (χ4v) is 3.70. The Balaban J connectivity index is 1.68. The van der Waals surface area contributed by atoms with E-state index in [0.29, 0.717) is 12.8 Å². The van der Waals surface area contributed by atoms with Crippen LogP contribution in [0.4, 0.5) is 4.39 Å². The summed E-state index contributed by atoms with van der Waals surface area (Å²) < 4.78 is 12.0. The lowest BCUT2D eigenvalue weighted by Gasteiger charge is -2.28. The Kier molecular flexibility index (Phi) is 7.70. The van der Waals surface area contributed by atoms with Gasteiger partial charge in [0.2, 0.25) is 0 Å². The normalized spacial score (nSPS) is 22.3. The molecule has 0 amide bonds. The molecule has 1 heteroatoms. The van der Waals surface area contributed by atoms with Crippen LogP contribution >= 0.6 is 0 Å². The summed E-state index contributed by atoms with van der Waals surface area (Å²) in [7, 11) is 0. The molecule has 0 aliphatic heterocycles. The SMILES string of the molecule is CCCC[C@H]1CC[C@H](CCc2ccc(C/C=C/F)cc2)CC1. The summed E-state index contributed by atoms with van der Waals surface area (Å²) in [6, 6.07) is 8.70. The zero-order chi connectivity index (χ0) is 15.6. The third-order valence-corrected chi connectivity index (χ3v) is 5.24. The number of unbranched alkanes of at least 4 members (excludes halogenated alkanes) is 1. The first-order valence-electron chi connectivity index (χ1n) is 9.14. The molecule has 22 heavy (non-hydrogen) atoms. The van der Waals surface area contributed by atoms with Crippen molar-refractivity contribution >= 4 is 0 Å². The Morgan fingerprint density at radius 3 is 2.14 bits per heavy atom. The molecule has 0 spiro atoms. The van der Waals surface area contributed by atoms with Crippen molar-refractivity contribution in [3.8, 4) is 0 Å². The van der Waals surface area contributed by atoms with E-state index in [0.717, 1.165) is 11.8 Å². The minimum Gasteiger partial charge on any atom is -0.216 e. The summed E-state index contributed by atoms with van der Waals surface area (Å²) in [6.07, 6.45) is 15.4. The molecule has 0 atom stereocenters. The lowest BCUT2D eigenvalue weighted by atomic mass is 9.78. The van der Waals surface area contributed by atoms with Crippen molar-refractivity contribution in [2.45, 2.75) is 71.1 Å². The molecule has 0 aromatic heterocycles. The summed E-state index contributed by atoms with van der Waals surface area (Å²) in [5.41, 5.74) is 2.62. The van der Waals surface area contributed by atoms with Crippen molar-refractivity contribution in [2.75, 3.05) is 0 Å². The van der Waals surface area contributed by atoms with E-state index >= 15 is 0 Å². The molecule has 0 N–H and O–H groups in total. The number of hydrogen-bond acceptors (Lipinski definition) is 0. The molecule has 1 aliphatic carbocycles. The van der Waals surface area contributed by atoms with E-state index in [1.165, 1.54) is 68.9 Å². The standard InChI is InChI=1S/C21H31F/c1-2-3-5-18-7-11-20(12-8-18)15-16-21-13-9-19(10-14-21)6-4-17-22/h4,9-10,13-14,17-18,20H,2-3,5-8,11-12,15-16H2,1H3/b17-4+/t18-,20-. The highest BCUT2D eigenvalue weighted by Crippen LogP contribution is 2.34. The zero-order valence-electron chi connectivity index (χ0n) is 14.1.